The van der Waals surface area contributed by atoms with Crippen LogP contribution in [0.15, 0.2) is 30.5 Å². The van der Waals surface area contributed by atoms with E-state index >= 15 is 0 Å². The summed E-state index contributed by atoms with van der Waals surface area (Å²) in [6, 6.07) is 7.43. The summed E-state index contributed by atoms with van der Waals surface area (Å²) in [7, 11) is 1.84. The predicted molar refractivity (Wildman–Crippen MR) is 74.9 cm³/mol. The van der Waals surface area contributed by atoms with Crippen molar-refractivity contribution < 1.29 is 9.90 Å². The Balaban J connectivity index is 1.94. The maximum Gasteiger partial charge on any atom is 0.268 e. The molecule has 0 bridgehead atoms. The lowest BCUT2D eigenvalue weighted by Gasteiger charge is -2.04. The molecule has 0 fully saturated rings. The van der Waals surface area contributed by atoms with Gasteiger partial charge in [-0.15, -0.1) is 11.3 Å². The van der Waals surface area contributed by atoms with Gasteiger partial charge in [0.05, 0.1) is 11.4 Å². The fourth-order valence-electron chi connectivity index (χ4n) is 1.62. The van der Waals surface area contributed by atoms with Crippen LogP contribution < -0.4 is 5.32 Å². The molecule has 2 aromatic heterocycles. The zero-order valence-electron chi connectivity index (χ0n) is 10.5. The van der Waals surface area contributed by atoms with Gasteiger partial charge in [0, 0.05) is 18.1 Å². The summed E-state index contributed by atoms with van der Waals surface area (Å²) in [4.78, 5) is 13.8. The summed E-state index contributed by atoms with van der Waals surface area (Å²) < 4.78 is 1.78. The summed E-state index contributed by atoms with van der Waals surface area (Å²) in [5.74, 6) is 5.34. The van der Waals surface area contributed by atoms with Crippen LogP contribution in [0.4, 0.5) is 0 Å². The Hall–Kier alpha value is -2.03. The second-order valence-corrected chi connectivity index (χ2v) is 5.08. The normalized spacial score (nSPS) is 9.79. The van der Waals surface area contributed by atoms with Crippen LogP contribution in [0.3, 0.4) is 0 Å². The number of hydrogen-bond acceptors (Lipinski definition) is 3. The summed E-state index contributed by atoms with van der Waals surface area (Å²) in [6.07, 6.45) is 1.84. The van der Waals surface area contributed by atoms with E-state index in [4.69, 9.17) is 5.11 Å². The number of carbonyl (C=O) groups excluding carboxylic acids is 1. The largest absolute Gasteiger partial charge is 0.384 e. The number of aromatic nitrogens is 1. The van der Waals surface area contributed by atoms with Gasteiger partial charge in [0.15, 0.2) is 0 Å². The average molecular weight is 274 g/mol. The molecular weight excluding hydrogens is 260 g/mol. The standard InChI is InChI=1S/C14H14N2O2S/c1-16-8-2-5-13(16)14(18)15-10-12-7-6-11(19-12)4-3-9-17/h2,5-8,17H,9-10H2,1H3,(H,15,18). The third-order valence-corrected chi connectivity index (χ3v) is 3.55. The second kappa shape index (κ2) is 6.23. The number of nitrogens with zero attached hydrogens (tertiary/aromatic N) is 1. The minimum atomic E-state index is -0.141. The first-order chi connectivity index (χ1) is 9.20. The number of rotatable bonds is 3. The number of amides is 1. The molecule has 2 rings (SSSR count). The maximum absolute atomic E-state index is 11.9. The molecule has 19 heavy (non-hydrogen) atoms. The Bertz CT molecular complexity index is 631. The summed E-state index contributed by atoms with van der Waals surface area (Å²) >= 11 is 1.51. The third-order valence-electron chi connectivity index (χ3n) is 2.55. The molecule has 0 spiro atoms. The van der Waals surface area contributed by atoms with Crippen molar-refractivity contribution in [3.05, 3.63) is 45.9 Å². The van der Waals surface area contributed by atoms with E-state index in [0.717, 1.165) is 9.75 Å². The number of hydrogen-bond donors (Lipinski definition) is 2. The van der Waals surface area contributed by atoms with Crippen LogP contribution in [-0.4, -0.2) is 22.2 Å². The number of aliphatic hydroxyl groups is 1. The van der Waals surface area contributed by atoms with Crippen LogP contribution in [-0.2, 0) is 13.6 Å². The van der Waals surface area contributed by atoms with Crippen molar-refractivity contribution in [2.24, 2.45) is 7.05 Å². The SMILES string of the molecule is Cn1cccc1C(=O)NCc1ccc(C#CCO)s1. The average Bonchev–Trinajstić information content (AvgIpc) is 3.02. The van der Waals surface area contributed by atoms with Gasteiger partial charge in [-0.25, -0.2) is 0 Å². The Kier molecular flexibility index (Phi) is 4.39. The van der Waals surface area contributed by atoms with E-state index in [1.54, 1.807) is 10.6 Å². The van der Waals surface area contributed by atoms with Crippen molar-refractivity contribution >= 4 is 17.2 Å². The van der Waals surface area contributed by atoms with E-state index in [9.17, 15) is 4.79 Å². The number of carbonyl (C=O) groups is 1. The second-order valence-electron chi connectivity index (χ2n) is 3.91. The maximum atomic E-state index is 11.9. The minimum absolute atomic E-state index is 0.0936. The lowest BCUT2D eigenvalue weighted by atomic mass is 10.3. The first-order valence-corrected chi connectivity index (χ1v) is 6.60. The van der Waals surface area contributed by atoms with E-state index in [-0.39, 0.29) is 12.5 Å². The van der Waals surface area contributed by atoms with Crippen LogP contribution in [0.1, 0.15) is 20.2 Å². The number of thiophene rings is 1. The number of aliphatic hydroxyl groups excluding tert-OH is 1. The van der Waals surface area contributed by atoms with Gasteiger partial charge in [0.2, 0.25) is 0 Å². The fourth-order valence-corrected chi connectivity index (χ4v) is 2.44. The highest BCUT2D eigenvalue weighted by atomic mass is 32.1. The van der Waals surface area contributed by atoms with Gasteiger partial charge in [-0.05, 0) is 24.3 Å². The van der Waals surface area contributed by atoms with E-state index in [1.165, 1.54) is 11.3 Å². The third kappa shape index (κ3) is 3.47. The van der Waals surface area contributed by atoms with Crippen LogP contribution >= 0.6 is 11.3 Å². The summed E-state index contributed by atoms with van der Waals surface area (Å²) in [6.45, 7) is 0.340. The molecule has 0 atom stereocenters. The molecule has 2 N–H and O–H groups in total. The Morgan fingerprint density at radius 1 is 1.47 bits per heavy atom. The van der Waals surface area contributed by atoms with Crippen molar-refractivity contribution in [2.45, 2.75) is 6.54 Å². The fraction of sp³-hybridized carbons (Fsp3) is 0.214. The van der Waals surface area contributed by atoms with Gasteiger partial charge in [-0.1, -0.05) is 11.8 Å². The molecular formula is C14H14N2O2S. The number of aryl methyl sites for hydroxylation is 1. The number of nitrogens with one attached hydrogen (secondary N) is 1. The molecule has 0 aliphatic rings. The lowest BCUT2D eigenvalue weighted by Crippen LogP contribution is -2.24. The zero-order valence-corrected chi connectivity index (χ0v) is 11.3. The van der Waals surface area contributed by atoms with Crippen molar-refractivity contribution in [3.63, 3.8) is 0 Å². The molecule has 2 aromatic rings. The molecule has 0 aliphatic heterocycles. The first-order valence-electron chi connectivity index (χ1n) is 5.78. The molecule has 0 saturated heterocycles. The van der Waals surface area contributed by atoms with Crippen molar-refractivity contribution in [1.29, 1.82) is 0 Å². The van der Waals surface area contributed by atoms with Crippen LogP contribution in [0.2, 0.25) is 0 Å². The summed E-state index contributed by atoms with van der Waals surface area (Å²) in [5, 5.41) is 11.5. The minimum Gasteiger partial charge on any atom is -0.384 e. The van der Waals surface area contributed by atoms with Gasteiger partial charge < -0.3 is 15.0 Å². The quantitative estimate of drug-likeness (QED) is 0.830. The predicted octanol–water partition coefficient (Wildman–Crippen LogP) is 1.36. The van der Waals surface area contributed by atoms with Gasteiger partial charge >= 0.3 is 0 Å². The summed E-state index contributed by atoms with van der Waals surface area (Å²) in [5.41, 5.74) is 0.636. The molecule has 1 amide bonds. The highest BCUT2D eigenvalue weighted by molar-refractivity contribution is 7.12. The van der Waals surface area contributed by atoms with Gasteiger partial charge in [-0.3, -0.25) is 4.79 Å². The molecule has 2 heterocycles. The van der Waals surface area contributed by atoms with Crippen molar-refractivity contribution in [2.75, 3.05) is 6.61 Å². The van der Waals surface area contributed by atoms with E-state index < -0.39 is 0 Å². The molecule has 0 unspecified atom stereocenters. The van der Waals surface area contributed by atoms with E-state index in [1.807, 2.05) is 31.4 Å². The monoisotopic (exact) mass is 274 g/mol. The highest BCUT2D eigenvalue weighted by Crippen LogP contribution is 2.15. The highest BCUT2D eigenvalue weighted by Gasteiger charge is 2.08. The van der Waals surface area contributed by atoms with E-state index in [2.05, 4.69) is 17.2 Å². The van der Waals surface area contributed by atoms with Crippen LogP contribution in [0, 0.1) is 11.8 Å². The van der Waals surface area contributed by atoms with Gasteiger partial charge in [0.25, 0.3) is 5.91 Å². The first kappa shape index (κ1) is 13.4. The van der Waals surface area contributed by atoms with Gasteiger partial charge in [-0.2, -0.15) is 0 Å². The smallest absolute Gasteiger partial charge is 0.268 e. The Morgan fingerprint density at radius 2 is 2.32 bits per heavy atom. The molecule has 98 valence electrons. The molecule has 4 nitrogen and oxygen atoms in total. The molecule has 0 aliphatic carbocycles. The molecule has 0 saturated carbocycles. The van der Waals surface area contributed by atoms with Crippen LogP contribution in [0.25, 0.3) is 0 Å². The van der Waals surface area contributed by atoms with E-state index in [0.29, 0.717) is 12.2 Å². The van der Waals surface area contributed by atoms with Crippen molar-refractivity contribution in [3.8, 4) is 11.8 Å². The lowest BCUT2D eigenvalue weighted by molar-refractivity contribution is 0.0943. The Morgan fingerprint density at radius 3 is 3.00 bits per heavy atom. The molecule has 0 radical (unpaired) electrons. The molecule has 0 aromatic carbocycles. The van der Waals surface area contributed by atoms with Crippen LogP contribution in [0.5, 0.6) is 0 Å². The molecule has 5 heteroatoms. The topological polar surface area (TPSA) is 54.3 Å². The zero-order chi connectivity index (χ0) is 13.7. The van der Waals surface area contributed by atoms with Gasteiger partial charge in [0.1, 0.15) is 12.3 Å². The Labute approximate surface area is 115 Å². The van der Waals surface area contributed by atoms with Crippen molar-refractivity contribution in [1.82, 2.24) is 9.88 Å².